The quantitative estimate of drug-likeness (QED) is 0.761. The van der Waals surface area contributed by atoms with Crippen molar-refractivity contribution >= 4 is 23.2 Å². The van der Waals surface area contributed by atoms with Gasteiger partial charge in [-0.05, 0) is 17.7 Å². The van der Waals surface area contributed by atoms with Gasteiger partial charge >= 0.3 is 0 Å². The van der Waals surface area contributed by atoms with Crippen molar-refractivity contribution in [3.8, 4) is 6.07 Å². The summed E-state index contributed by atoms with van der Waals surface area (Å²) in [7, 11) is 0. The molecule has 0 aliphatic heterocycles. The fraction of sp³-hybridized carbons (Fsp3) is 0.267. The minimum absolute atomic E-state index is 0.375. The van der Waals surface area contributed by atoms with Crippen LogP contribution in [0.15, 0.2) is 36.8 Å². The standard InChI is InChI=1S/C15H14Cl2N4/c16-14-7-15(17)20-9-13(14)11-21(6-2-4-18)10-12-3-1-5-19-8-12/h1,3,5,7-9H,2,6,10-11H2. The van der Waals surface area contributed by atoms with Gasteiger partial charge in [0, 0.05) is 55.2 Å². The zero-order valence-corrected chi connectivity index (χ0v) is 12.8. The molecule has 0 aliphatic rings. The molecular formula is C15H14Cl2N4. The van der Waals surface area contributed by atoms with Crippen LogP contribution in [0, 0.1) is 11.3 Å². The van der Waals surface area contributed by atoms with E-state index in [-0.39, 0.29) is 0 Å². The summed E-state index contributed by atoms with van der Waals surface area (Å²) in [6.45, 7) is 1.97. The highest BCUT2D eigenvalue weighted by molar-refractivity contribution is 6.34. The summed E-state index contributed by atoms with van der Waals surface area (Å²) in [6, 6.07) is 7.70. The smallest absolute Gasteiger partial charge is 0.130 e. The van der Waals surface area contributed by atoms with Crippen molar-refractivity contribution in [3.63, 3.8) is 0 Å². The Hall–Kier alpha value is -1.67. The monoisotopic (exact) mass is 320 g/mol. The van der Waals surface area contributed by atoms with Crippen LogP contribution in [0.25, 0.3) is 0 Å². The highest BCUT2D eigenvalue weighted by Crippen LogP contribution is 2.21. The van der Waals surface area contributed by atoms with Crippen molar-refractivity contribution in [3.05, 3.63) is 58.1 Å². The second-order valence-electron chi connectivity index (χ2n) is 4.58. The molecule has 0 fully saturated rings. The van der Waals surface area contributed by atoms with Crippen LogP contribution in [0.1, 0.15) is 17.5 Å². The Kier molecular flexibility index (Phi) is 5.94. The van der Waals surface area contributed by atoms with E-state index >= 15 is 0 Å². The molecule has 0 atom stereocenters. The maximum absolute atomic E-state index is 8.79. The third-order valence-electron chi connectivity index (χ3n) is 2.96. The van der Waals surface area contributed by atoms with Crippen LogP contribution in [0.4, 0.5) is 0 Å². The van der Waals surface area contributed by atoms with Crippen LogP contribution in [0.2, 0.25) is 10.2 Å². The molecule has 0 bridgehead atoms. The largest absolute Gasteiger partial charge is 0.294 e. The number of aromatic nitrogens is 2. The Bertz CT molecular complexity index is 625. The summed E-state index contributed by atoms with van der Waals surface area (Å²) in [6.07, 6.45) is 5.69. The first kappa shape index (κ1) is 15.7. The lowest BCUT2D eigenvalue weighted by Gasteiger charge is -2.21. The van der Waals surface area contributed by atoms with Crippen molar-refractivity contribution < 1.29 is 0 Å². The van der Waals surface area contributed by atoms with Crippen molar-refractivity contribution in [2.75, 3.05) is 6.54 Å². The molecule has 0 amide bonds. The van der Waals surface area contributed by atoms with E-state index in [9.17, 15) is 0 Å². The molecule has 0 unspecified atom stereocenters. The number of nitriles is 1. The Labute approximate surface area is 134 Å². The summed E-state index contributed by atoms with van der Waals surface area (Å²) in [5.74, 6) is 0. The second-order valence-corrected chi connectivity index (χ2v) is 5.37. The molecule has 0 saturated carbocycles. The zero-order chi connectivity index (χ0) is 15.1. The molecule has 0 saturated heterocycles. The van der Waals surface area contributed by atoms with E-state index < -0.39 is 0 Å². The number of rotatable bonds is 6. The van der Waals surface area contributed by atoms with E-state index in [1.54, 1.807) is 18.5 Å². The molecule has 6 heteroatoms. The van der Waals surface area contributed by atoms with Crippen LogP contribution >= 0.6 is 23.2 Å². The van der Waals surface area contributed by atoms with Crippen LogP contribution in [0.5, 0.6) is 0 Å². The average Bonchev–Trinajstić information content (AvgIpc) is 2.48. The van der Waals surface area contributed by atoms with E-state index in [0.29, 0.717) is 36.2 Å². The predicted molar refractivity (Wildman–Crippen MR) is 82.8 cm³/mol. The average molecular weight is 321 g/mol. The summed E-state index contributed by atoms with van der Waals surface area (Å²) in [5, 5.41) is 9.75. The zero-order valence-electron chi connectivity index (χ0n) is 11.3. The van der Waals surface area contributed by atoms with Crippen LogP contribution in [-0.4, -0.2) is 21.4 Å². The lowest BCUT2D eigenvalue weighted by Crippen LogP contribution is -2.24. The number of pyridine rings is 2. The van der Waals surface area contributed by atoms with Gasteiger partial charge in [0.1, 0.15) is 5.15 Å². The predicted octanol–water partition coefficient (Wildman–Crippen LogP) is 3.70. The minimum atomic E-state index is 0.375. The van der Waals surface area contributed by atoms with Gasteiger partial charge in [-0.1, -0.05) is 29.3 Å². The molecule has 0 aromatic carbocycles. The molecule has 0 radical (unpaired) electrons. The van der Waals surface area contributed by atoms with Gasteiger partial charge in [0.25, 0.3) is 0 Å². The Morgan fingerprint density at radius 1 is 1.24 bits per heavy atom. The highest BCUT2D eigenvalue weighted by atomic mass is 35.5. The Morgan fingerprint density at radius 2 is 2.10 bits per heavy atom. The molecule has 0 N–H and O–H groups in total. The molecule has 0 aliphatic carbocycles. The van der Waals surface area contributed by atoms with E-state index in [1.165, 1.54) is 0 Å². The van der Waals surface area contributed by atoms with Crippen molar-refractivity contribution in [2.45, 2.75) is 19.5 Å². The number of hydrogen-bond acceptors (Lipinski definition) is 4. The lowest BCUT2D eigenvalue weighted by molar-refractivity contribution is 0.262. The first-order valence-corrected chi connectivity index (χ1v) is 7.23. The Balaban J connectivity index is 2.10. The van der Waals surface area contributed by atoms with E-state index in [2.05, 4.69) is 20.9 Å². The van der Waals surface area contributed by atoms with Gasteiger partial charge in [-0.2, -0.15) is 5.26 Å². The second kappa shape index (κ2) is 7.94. The van der Waals surface area contributed by atoms with Crippen LogP contribution in [0.3, 0.4) is 0 Å². The molecule has 2 aromatic rings. The fourth-order valence-electron chi connectivity index (χ4n) is 1.97. The third-order valence-corrected chi connectivity index (χ3v) is 3.52. The molecule has 0 spiro atoms. The first-order valence-electron chi connectivity index (χ1n) is 6.47. The maximum Gasteiger partial charge on any atom is 0.130 e. The molecule has 108 valence electrons. The topological polar surface area (TPSA) is 52.8 Å². The molecular weight excluding hydrogens is 307 g/mol. The SMILES string of the molecule is N#CCCN(Cc1cccnc1)Cc1cnc(Cl)cc1Cl. The van der Waals surface area contributed by atoms with Gasteiger partial charge in [-0.3, -0.25) is 9.88 Å². The lowest BCUT2D eigenvalue weighted by atomic mass is 10.2. The number of nitrogens with zero attached hydrogens (tertiary/aromatic N) is 4. The van der Waals surface area contributed by atoms with Gasteiger partial charge in [0.05, 0.1) is 6.07 Å². The molecule has 2 aromatic heterocycles. The van der Waals surface area contributed by atoms with Crippen molar-refractivity contribution in [1.29, 1.82) is 5.26 Å². The summed E-state index contributed by atoms with van der Waals surface area (Å²) >= 11 is 12.0. The first-order chi connectivity index (χ1) is 10.2. The molecule has 2 rings (SSSR count). The van der Waals surface area contributed by atoms with Gasteiger partial charge in [-0.25, -0.2) is 4.98 Å². The van der Waals surface area contributed by atoms with Gasteiger partial charge in [0.2, 0.25) is 0 Å². The van der Waals surface area contributed by atoms with E-state index in [4.69, 9.17) is 28.5 Å². The van der Waals surface area contributed by atoms with Gasteiger partial charge < -0.3 is 0 Å². The number of halogens is 2. The van der Waals surface area contributed by atoms with Crippen molar-refractivity contribution in [1.82, 2.24) is 14.9 Å². The molecule has 21 heavy (non-hydrogen) atoms. The number of hydrogen-bond donors (Lipinski definition) is 0. The Morgan fingerprint density at radius 3 is 2.76 bits per heavy atom. The van der Waals surface area contributed by atoms with Gasteiger partial charge in [0.15, 0.2) is 0 Å². The van der Waals surface area contributed by atoms with Gasteiger partial charge in [-0.15, -0.1) is 0 Å². The van der Waals surface area contributed by atoms with Crippen molar-refractivity contribution in [2.24, 2.45) is 0 Å². The normalized spacial score (nSPS) is 10.6. The summed E-state index contributed by atoms with van der Waals surface area (Å²) < 4.78 is 0. The molecule has 4 nitrogen and oxygen atoms in total. The minimum Gasteiger partial charge on any atom is -0.294 e. The molecule has 2 heterocycles. The van der Waals surface area contributed by atoms with E-state index in [0.717, 1.165) is 11.1 Å². The maximum atomic E-state index is 8.79. The highest BCUT2D eigenvalue weighted by Gasteiger charge is 2.10. The van der Waals surface area contributed by atoms with Crippen LogP contribution in [-0.2, 0) is 13.1 Å². The van der Waals surface area contributed by atoms with E-state index in [1.807, 2.05) is 18.3 Å². The fourth-order valence-corrected chi connectivity index (χ4v) is 2.39. The summed E-state index contributed by atoms with van der Waals surface area (Å²) in [4.78, 5) is 10.3. The van der Waals surface area contributed by atoms with Crippen LogP contribution < -0.4 is 0 Å². The third kappa shape index (κ3) is 4.98. The summed E-state index contributed by atoms with van der Waals surface area (Å²) in [5.41, 5.74) is 1.98.